The van der Waals surface area contributed by atoms with E-state index in [2.05, 4.69) is 10.6 Å². The zero-order chi connectivity index (χ0) is 23.1. The van der Waals surface area contributed by atoms with Gasteiger partial charge < -0.3 is 15.4 Å². The lowest BCUT2D eigenvalue weighted by Crippen LogP contribution is -2.37. The van der Waals surface area contributed by atoms with Gasteiger partial charge in [-0.3, -0.25) is 13.9 Å². The minimum atomic E-state index is -3.73. The first-order valence-corrected chi connectivity index (χ1v) is 11.5. The number of nitrogens with one attached hydrogen (secondary N) is 2. The van der Waals surface area contributed by atoms with E-state index in [-0.39, 0.29) is 5.91 Å². The highest BCUT2D eigenvalue weighted by atomic mass is 32.2. The molecule has 0 saturated heterocycles. The van der Waals surface area contributed by atoms with Gasteiger partial charge in [-0.25, -0.2) is 8.42 Å². The van der Waals surface area contributed by atoms with Crippen molar-refractivity contribution in [2.45, 2.75) is 6.92 Å². The molecule has 166 valence electrons. The van der Waals surface area contributed by atoms with E-state index >= 15 is 0 Å². The van der Waals surface area contributed by atoms with E-state index in [0.717, 1.165) is 10.6 Å². The predicted octanol–water partition coefficient (Wildman–Crippen LogP) is 3.84. The number of anilines is 3. The summed E-state index contributed by atoms with van der Waals surface area (Å²) in [5, 5.41) is 5.27. The van der Waals surface area contributed by atoms with Crippen molar-refractivity contribution >= 4 is 38.9 Å². The highest BCUT2D eigenvalue weighted by molar-refractivity contribution is 7.92. The number of nitrogens with zero attached hydrogens (tertiary/aromatic N) is 1. The van der Waals surface area contributed by atoms with Crippen LogP contribution in [0.15, 0.2) is 78.9 Å². The fourth-order valence-corrected chi connectivity index (χ4v) is 3.77. The Balaban J connectivity index is 1.72. The molecule has 3 rings (SSSR count). The lowest BCUT2D eigenvalue weighted by Gasteiger charge is -2.22. The van der Waals surface area contributed by atoms with Gasteiger partial charge in [0, 0.05) is 18.3 Å². The number of amides is 2. The minimum absolute atomic E-state index is 0.239. The van der Waals surface area contributed by atoms with E-state index in [4.69, 9.17) is 4.74 Å². The molecule has 32 heavy (non-hydrogen) atoms. The summed E-state index contributed by atoms with van der Waals surface area (Å²) in [6.45, 7) is 0.966. The van der Waals surface area contributed by atoms with Crippen LogP contribution in [0.4, 0.5) is 17.1 Å². The molecular weight excluding hydrogens is 430 g/mol. The maximum Gasteiger partial charge on any atom is 0.245 e. The van der Waals surface area contributed by atoms with Crippen molar-refractivity contribution in [3.05, 3.63) is 78.9 Å². The quantitative estimate of drug-likeness (QED) is 0.539. The van der Waals surface area contributed by atoms with Gasteiger partial charge in [0.2, 0.25) is 21.8 Å². The SMILES string of the molecule is CC(=O)Nc1cccc(NC(=O)CN(c2ccc(Oc3ccccc3)cc2)S(C)(=O)=O)c1. The molecule has 0 unspecified atom stereocenters. The number of hydrogen-bond donors (Lipinski definition) is 2. The third kappa shape index (κ3) is 6.58. The summed E-state index contributed by atoms with van der Waals surface area (Å²) in [6.07, 6.45) is 1.03. The second-order valence-corrected chi connectivity index (χ2v) is 8.90. The van der Waals surface area contributed by atoms with E-state index in [9.17, 15) is 18.0 Å². The topological polar surface area (TPSA) is 105 Å². The van der Waals surface area contributed by atoms with Crippen molar-refractivity contribution in [1.29, 1.82) is 0 Å². The molecule has 0 spiro atoms. The first-order valence-electron chi connectivity index (χ1n) is 9.69. The Morgan fingerprint density at radius 3 is 2.03 bits per heavy atom. The van der Waals surface area contributed by atoms with Gasteiger partial charge in [-0.05, 0) is 54.6 Å². The summed E-state index contributed by atoms with van der Waals surface area (Å²) in [4.78, 5) is 23.8. The van der Waals surface area contributed by atoms with E-state index < -0.39 is 22.5 Å². The maximum atomic E-state index is 12.6. The van der Waals surface area contributed by atoms with Crippen LogP contribution in [-0.2, 0) is 19.6 Å². The van der Waals surface area contributed by atoms with Gasteiger partial charge in [-0.1, -0.05) is 24.3 Å². The van der Waals surface area contributed by atoms with E-state index in [1.807, 2.05) is 30.3 Å². The lowest BCUT2D eigenvalue weighted by molar-refractivity contribution is -0.115. The summed E-state index contributed by atoms with van der Waals surface area (Å²) in [5.74, 6) is 0.421. The fourth-order valence-electron chi connectivity index (χ4n) is 2.91. The van der Waals surface area contributed by atoms with Crippen molar-refractivity contribution in [2.75, 3.05) is 27.7 Å². The van der Waals surface area contributed by atoms with E-state index in [1.54, 1.807) is 48.5 Å². The third-order valence-corrected chi connectivity index (χ3v) is 5.40. The predicted molar refractivity (Wildman–Crippen MR) is 125 cm³/mol. The van der Waals surface area contributed by atoms with Crippen LogP contribution in [0.3, 0.4) is 0 Å². The zero-order valence-electron chi connectivity index (χ0n) is 17.6. The van der Waals surface area contributed by atoms with Crippen molar-refractivity contribution in [1.82, 2.24) is 0 Å². The Hall–Kier alpha value is -3.85. The molecule has 0 fully saturated rings. The van der Waals surface area contributed by atoms with Gasteiger partial charge in [0.25, 0.3) is 0 Å². The van der Waals surface area contributed by atoms with Crippen LogP contribution in [0.25, 0.3) is 0 Å². The number of benzene rings is 3. The van der Waals surface area contributed by atoms with Crippen LogP contribution in [0.1, 0.15) is 6.92 Å². The summed E-state index contributed by atoms with van der Waals surface area (Å²) in [7, 11) is -3.73. The number of hydrogen-bond acceptors (Lipinski definition) is 5. The Kier molecular flexibility index (Phi) is 7.11. The molecule has 0 aromatic heterocycles. The summed E-state index contributed by atoms with van der Waals surface area (Å²) >= 11 is 0. The lowest BCUT2D eigenvalue weighted by atomic mass is 10.2. The summed E-state index contributed by atoms with van der Waals surface area (Å²) in [5.41, 5.74) is 1.28. The molecular formula is C23H23N3O5S. The van der Waals surface area contributed by atoms with Crippen molar-refractivity contribution in [2.24, 2.45) is 0 Å². The molecule has 0 atom stereocenters. The van der Waals surface area contributed by atoms with Crippen molar-refractivity contribution in [3.8, 4) is 11.5 Å². The molecule has 0 saturated carbocycles. The molecule has 0 aliphatic rings. The average Bonchev–Trinajstić information content (AvgIpc) is 2.72. The van der Waals surface area contributed by atoms with Crippen LogP contribution in [0, 0.1) is 0 Å². The van der Waals surface area contributed by atoms with E-state index in [1.165, 1.54) is 6.92 Å². The van der Waals surface area contributed by atoms with Crippen LogP contribution in [0.2, 0.25) is 0 Å². The number of rotatable bonds is 8. The monoisotopic (exact) mass is 453 g/mol. The van der Waals surface area contributed by atoms with Crippen LogP contribution >= 0.6 is 0 Å². The molecule has 2 N–H and O–H groups in total. The van der Waals surface area contributed by atoms with Crippen molar-refractivity contribution in [3.63, 3.8) is 0 Å². The maximum absolute atomic E-state index is 12.6. The highest BCUT2D eigenvalue weighted by Crippen LogP contribution is 2.25. The van der Waals surface area contributed by atoms with Gasteiger partial charge in [-0.2, -0.15) is 0 Å². The number of para-hydroxylation sites is 1. The number of sulfonamides is 1. The fraction of sp³-hybridized carbons (Fsp3) is 0.130. The van der Waals surface area contributed by atoms with Gasteiger partial charge in [0.05, 0.1) is 11.9 Å². The molecule has 0 bridgehead atoms. The molecule has 0 aliphatic heterocycles. The van der Waals surface area contributed by atoms with Gasteiger partial charge in [0.1, 0.15) is 18.0 Å². The zero-order valence-corrected chi connectivity index (χ0v) is 18.4. The van der Waals surface area contributed by atoms with Gasteiger partial charge >= 0.3 is 0 Å². The third-order valence-electron chi connectivity index (χ3n) is 4.26. The molecule has 9 heteroatoms. The first kappa shape index (κ1) is 22.8. The largest absolute Gasteiger partial charge is 0.457 e. The number of carbonyl (C=O) groups is 2. The molecule has 3 aromatic carbocycles. The van der Waals surface area contributed by atoms with Crippen molar-refractivity contribution < 1.29 is 22.7 Å². The number of carbonyl (C=O) groups excluding carboxylic acids is 2. The Bertz CT molecular complexity index is 1200. The second kappa shape index (κ2) is 9.97. The van der Waals surface area contributed by atoms with E-state index in [0.29, 0.717) is 28.6 Å². The molecule has 0 aliphatic carbocycles. The molecule has 8 nitrogen and oxygen atoms in total. The average molecular weight is 454 g/mol. The van der Waals surface area contributed by atoms with Gasteiger partial charge in [-0.15, -0.1) is 0 Å². The second-order valence-electron chi connectivity index (χ2n) is 6.99. The first-order chi connectivity index (χ1) is 15.2. The summed E-state index contributed by atoms with van der Waals surface area (Å²) < 4.78 is 31.4. The Morgan fingerprint density at radius 1 is 0.844 bits per heavy atom. The van der Waals surface area contributed by atoms with Crippen LogP contribution < -0.4 is 19.7 Å². The standard InChI is InChI=1S/C23H23N3O5S/c1-17(27)24-18-7-6-8-19(15-18)25-23(28)16-26(32(2,29)30)20-11-13-22(14-12-20)31-21-9-4-3-5-10-21/h3-15H,16H2,1-2H3,(H,24,27)(H,25,28). The summed E-state index contributed by atoms with van der Waals surface area (Å²) in [6, 6.07) is 22.2. The minimum Gasteiger partial charge on any atom is -0.457 e. The normalized spacial score (nSPS) is 10.8. The van der Waals surface area contributed by atoms with Crippen LogP contribution in [0.5, 0.6) is 11.5 Å². The smallest absolute Gasteiger partial charge is 0.245 e. The highest BCUT2D eigenvalue weighted by Gasteiger charge is 2.21. The Morgan fingerprint density at radius 2 is 1.44 bits per heavy atom. The van der Waals surface area contributed by atoms with Crippen LogP contribution in [-0.4, -0.2) is 33.0 Å². The molecule has 3 aromatic rings. The molecule has 0 heterocycles. The molecule has 0 radical (unpaired) electrons. The van der Waals surface area contributed by atoms with Gasteiger partial charge in [0.15, 0.2) is 0 Å². The molecule has 2 amide bonds. The number of ether oxygens (including phenoxy) is 1. The Labute approximate surface area is 186 Å².